The quantitative estimate of drug-likeness (QED) is 0.182. The summed E-state index contributed by atoms with van der Waals surface area (Å²) in [6, 6.07) is 22.5. The minimum Gasteiger partial charge on any atom is -0.492 e. The van der Waals surface area contributed by atoms with Gasteiger partial charge in [-0.15, -0.1) is 0 Å². The molecule has 8 heteroatoms. The van der Waals surface area contributed by atoms with E-state index in [1.165, 1.54) is 13.2 Å². The Kier molecular flexibility index (Phi) is 7.21. The van der Waals surface area contributed by atoms with Crippen LogP contribution in [0.5, 0.6) is 11.5 Å². The Balaban J connectivity index is 1.71. The molecule has 1 saturated heterocycles. The van der Waals surface area contributed by atoms with E-state index in [0.717, 1.165) is 20.7 Å². The molecule has 0 aromatic heterocycles. The molecule has 1 aliphatic rings. The number of aryl methyl sites for hydroxylation is 1. The number of halogens is 1. The van der Waals surface area contributed by atoms with E-state index < -0.39 is 17.8 Å². The molecule has 0 spiro atoms. The third-order valence-corrected chi connectivity index (χ3v) is 6.99. The Morgan fingerprint density at radius 2 is 1.56 bits per heavy atom. The number of fused-ring (bicyclic) bond motifs is 1. The molecule has 1 aliphatic heterocycles. The number of imide groups is 2. The highest BCUT2D eigenvalue weighted by molar-refractivity contribution is 9.10. The van der Waals surface area contributed by atoms with E-state index in [9.17, 15) is 14.4 Å². The zero-order valence-corrected chi connectivity index (χ0v) is 23.2. The molecule has 5 rings (SSSR count). The van der Waals surface area contributed by atoms with Gasteiger partial charge in [-0.3, -0.25) is 9.59 Å². The summed E-state index contributed by atoms with van der Waals surface area (Å²) in [5.74, 6) is -0.478. The maximum atomic E-state index is 14.0. The average Bonchev–Trinajstić information content (AvgIpc) is 2.92. The van der Waals surface area contributed by atoms with Crippen LogP contribution in [0.25, 0.3) is 16.8 Å². The van der Waals surface area contributed by atoms with Gasteiger partial charge >= 0.3 is 6.03 Å². The molecule has 4 amide bonds. The molecule has 196 valence electrons. The number of hydrogen-bond acceptors (Lipinski definition) is 5. The molecule has 4 aromatic rings. The predicted molar refractivity (Wildman–Crippen MR) is 155 cm³/mol. The number of benzene rings is 4. The minimum atomic E-state index is -0.742. The SMILES string of the molecule is CCOc1cc(/C=C2\C(=O)N(c3ccc(C)cc3)C(=O)N(c3cccc4ccccc34)C2=O)cc(Br)c1OC. The molecule has 1 fully saturated rings. The molecule has 0 saturated carbocycles. The van der Waals surface area contributed by atoms with Gasteiger partial charge in [-0.2, -0.15) is 0 Å². The highest BCUT2D eigenvalue weighted by atomic mass is 79.9. The Labute approximate surface area is 234 Å². The van der Waals surface area contributed by atoms with Crippen LogP contribution in [-0.4, -0.2) is 31.6 Å². The molecule has 0 radical (unpaired) electrons. The number of barbiturate groups is 1. The Morgan fingerprint density at radius 3 is 2.28 bits per heavy atom. The summed E-state index contributed by atoms with van der Waals surface area (Å²) in [6.07, 6.45) is 1.48. The number of amides is 4. The van der Waals surface area contributed by atoms with E-state index in [2.05, 4.69) is 15.9 Å². The summed E-state index contributed by atoms with van der Waals surface area (Å²) in [4.78, 5) is 43.8. The van der Waals surface area contributed by atoms with Gasteiger partial charge in [0.15, 0.2) is 11.5 Å². The van der Waals surface area contributed by atoms with Crippen LogP contribution in [0.4, 0.5) is 16.2 Å². The van der Waals surface area contributed by atoms with Gasteiger partial charge in [0.2, 0.25) is 0 Å². The number of rotatable bonds is 6. The first kappa shape index (κ1) is 26.2. The van der Waals surface area contributed by atoms with Gasteiger partial charge in [-0.25, -0.2) is 14.6 Å². The molecule has 7 nitrogen and oxygen atoms in total. The minimum absolute atomic E-state index is 0.164. The van der Waals surface area contributed by atoms with Crippen molar-refractivity contribution in [2.45, 2.75) is 13.8 Å². The van der Waals surface area contributed by atoms with Gasteiger partial charge in [-0.05, 0) is 77.1 Å². The molecular weight excluding hydrogens is 560 g/mol. The zero-order chi connectivity index (χ0) is 27.7. The van der Waals surface area contributed by atoms with Crippen LogP contribution in [0.1, 0.15) is 18.1 Å². The van der Waals surface area contributed by atoms with Crippen molar-refractivity contribution in [2.75, 3.05) is 23.5 Å². The van der Waals surface area contributed by atoms with Crippen LogP contribution in [0.15, 0.2) is 88.9 Å². The standard InChI is InChI=1S/C31H25BrN2O5/c1-4-39-27-18-20(17-25(32)28(27)38-3)16-24-29(35)33(22-14-12-19(2)13-15-22)31(37)34(30(24)36)26-11-7-9-21-8-5-6-10-23(21)26/h5-18H,4H2,1-3H3/b24-16+. The van der Waals surface area contributed by atoms with Crippen LogP contribution < -0.4 is 19.3 Å². The van der Waals surface area contributed by atoms with Crippen molar-refractivity contribution >= 4 is 62.0 Å². The van der Waals surface area contributed by atoms with Gasteiger partial charge in [0.1, 0.15) is 5.57 Å². The van der Waals surface area contributed by atoms with Gasteiger partial charge in [-0.1, -0.05) is 54.1 Å². The monoisotopic (exact) mass is 584 g/mol. The van der Waals surface area contributed by atoms with Gasteiger partial charge in [0.25, 0.3) is 11.8 Å². The van der Waals surface area contributed by atoms with Gasteiger partial charge in [0, 0.05) is 5.39 Å². The second-order valence-corrected chi connectivity index (χ2v) is 9.78. The van der Waals surface area contributed by atoms with E-state index in [1.54, 1.807) is 36.4 Å². The molecule has 0 bridgehead atoms. The fraction of sp³-hybridized carbons (Fsp3) is 0.129. The zero-order valence-electron chi connectivity index (χ0n) is 21.6. The number of methoxy groups -OCH3 is 1. The van der Waals surface area contributed by atoms with Crippen LogP contribution in [-0.2, 0) is 9.59 Å². The first-order valence-electron chi connectivity index (χ1n) is 12.3. The van der Waals surface area contributed by atoms with E-state index in [4.69, 9.17) is 9.47 Å². The number of carbonyl (C=O) groups is 3. The van der Waals surface area contributed by atoms with Crippen molar-refractivity contribution in [3.63, 3.8) is 0 Å². The van der Waals surface area contributed by atoms with E-state index in [0.29, 0.717) is 44.9 Å². The van der Waals surface area contributed by atoms with Crippen molar-refractivity contribution in [3.05, 3.63) is 100 Å². The third kappa shape index (κ3) is 4.79. The number of anilines is 2. The van der Waals surface area contributed by atoms with Crippen molar-refractivity contribution < 1.29 is 23.9 Å². The molecule has 0 N–H and O–H groups in total. The van der Waals surface area contributed by atoms with Crippen LogP contribution in [0, 0.1) is 6.92 Å². The van der Waals surface area contributed by atoms with Crippen LogP contribution in [0.3, 0.4) is 0 Å². The summed E-state index contributed by atoms with van der Waals surface area (Å²) < 4.78 is 11.8. The first-order chi connectivity index (χ1) is 18.8. The van der Waals surface area contributed by atoms with Gasteiger partial charge < -0.3 is 9.47 Å². The summed E-state index contributed by atoms with van der Waals surface area (Å²) in [7, 11) is 1.53. The van der Waals surface area contributed by atoms with Crippen molar-refractivity contribution in [1.29, 1.82) is 0 Å². The summed E-state index contributed by atoms with van der Waals surface area (Å²) in [6.45, 7) is 4.16. The predicted octanol–water partition coefficient (Wildman–Crippen LogP) is 6.90. The summed E-state index contributed by atoms with van der Waals surface area (Å²) in [5, 5.41) is 1.57. The lowest BCUT2D eigenvalue weighted by atomic mass is 10.0. The van der Waals surface area contributed by atoms with Crippen LogP contribution >= 0.6 is 15.9 Å². The second kappa shape index (κ2) is 10.7. The average molecular weight is 585 g/mol. The van der Waals surface area contributed by atoms with Crippen molar-refractivity contribution in [2.24, 2.45) is 0 Å². The highest BCUT2D eigenvalue weighted by Gasteiger charge is 2.44. The number of nitrogens with zero attached hydrogens (tertiary/aromatic N) is 2. The van der Waals surface area contributed by atoms with E-state index in [1.807, 2.05) is 56.3 Å². The Hall–Kier alpha value is -4.43. The fourth-order valence-electron chi connectivity index (χ4n) is 4.57. The molecule has 1 heterocycles. The maximum absolute atomic E-state index is 14.0. The normalized spacial score (nSPS) is 14.9. The van der Waals surface area contributed by atoms with Gasteiger partial charge in [0.05, 0.1) is 29.6 Å². The molecule has 0 atom stereocenters. The van der Waals surface area contributed by atoms with Crippen LogP contribution in [0.2, 0.25) is 0 Å². The Bertz CT molecular complexity index is 1640. The Morgan fingerprint density at radius 1 is 0.872 bits per heavy atom. The largest absolute Gasteiger partial charge is 0.492 e. The molecule has 4 aromatic carbocycles. The number of ether oxygens (including phenoxy) is 2. The first-order valence-corrected chi connectivity index (χ1v) is 13.1. The summed E-state index contributed by atoms with van der Waals surface area (Å²) in [5.41, 5.74) is 2.09. The third-order valence-electron chi connectivity index (χ3n) is 6.40. The van der Waals surface area contributed by atoms with Crippen molar-refractivity contribution in [1.82, 2.24) is 0 Å². The highest BCUT2D eigenvalue weighted by Crippen LogP contribution is 2.38. The van der Waals surface area contributed by atoms with Crippen molar-refractivity contribution in [3.8, 4) is 11.5 Å². The lowest BCUT2D eigenvalue weighted by Crippen LogP contribution is -2.57. The number of hydrogen-bond donors (Lipinski definition) is 0. The number of carbonyl (C=O) groups excluding carboxylic acids is 3. The number of urea groups is 1. The molecule has 39 heavy (non-hydrogen) atoms. The lowest BCUT2D eigenvalue weighted by Gasteiger charge is -2.34. The fourth-order valence-corrected chi connectivity index (χ4v) is 5.19. The smallest absolute Gasteiger partial charge is 0.343 e. The summed E-state index contributed by atoms with van der Waals surface area (Å²) >= 11 is 3.48. The lowest BCUT2D eigenvalue weighted by molar-refractivity contribution is -0.121. The molecule has 0 aliphatic carbocycles. The topological polar surface area (TPSA) is 76.2 Å². The molecular formula is C31H25BrN2O5. The second-order valence-electron chi connectivity index (χ2n) is 8.92. The van der Waals surface area contributed by atoms with E-state index in [-0.39, 0.29) is 5.57 Å². The van der Waals surface area contributed by atoms with E-state index >= 15 is 0 Å². The molecule has 0 unspecified atom stereocenters. The maximum Gasteiger partial charge on any atom is 0.343 e.